The van der Waals surface area contributed by atoms with Gasteiger partial charge in [-0.15, -0.1) is 0 Å². The Hall–Kier alpha value is -1.14. The first-order valence-corrected chi connectivity index (χ1v) is 7.07. The molecule has 4 atom stereocenters. The Morgan fingerprint density at radius 3 is 2.65 bits per heavy atom. The molecule has 0 aromatic carbocycles. The van der Waals surface area contributed by atoms with Crippen molar-refractivity contribution >= 4 is 11.9 Å². The molecule has 2 saturated heterocycles. The first-order chi connectivity index (χ1) is 9.28. The van der Waals surface area contributed by atoms with E-state index in [9.17, 15) is 9.59 Å². The Balaban J connectivity index is 2.16. The second-order valence-corrected chi connectivity index (χ2v) is 6.36. The zero-order valence-electron chi connectivity index (χ0n) is 12.8. The minimum Gasteiger partial charge on any atom is -0.382 e. The largest absolute Gasteiger partial charge is 0.382 e. The van der Waals surface area contributed by atoms with Gasteiger partial charge in [0.15, 0.2) is 0 Å². The number of hydrogen-bond donors (Lipinski definition) is 1. The molecule has 0 saturated carbocycles. The smallest absolute Gasteiger partial charge is 0.326 e. The number of imide groups is 1. The maximum Gasteiger partial charge on any atom is 0.326 e. The van der Waals surface area contributed by atoms with Crippen LogP contribution in [0.25, 0.3) is 0 Å². The van der Waals surface area contributed by atoms with E-state index >= 15 is 0 Å². The van der Waals surface area contributed by atoms with Gasteiger partial charge in [0, 0.05) is 13.2 Å². The lowest BCUT2D eigenvalue weighted by Crippen LogP contribution is -2.65. The molecular formula is C14H24N2O4. The Morgan fingerprint density at radius 1 is 1.40 bits per heavy atom. The van der Waals surface area contributed by atoms with Crippen LogP contribution in [0.1, 0.15) is 34.1 Å². The first kappa shape index (κ1) is 15.3. The van der Waals surface area contributed by atoms with Crippen molar-refractivity contribution in [2.45, 2.75) is 52.5 Å². The lowest BCUT2D eigenvalue weighted by atomic mass is 9.81. The van der Waals surface area contributed by atoms with Crippen LogP contribution in [0.5, 0.6) is 0 Å². The lowest BCUT2D eigenvalue weighted by molar-refractivity contribution is -0.141. The van der Waals surface area contributed by atoms with Crippen LogP contribution in [-0.4, -0.2) is 48.9 Å². The summed E-state index contributed by atoms with van der Waals surface area (Å²) in [6.45, 7) is 8.19. The molecule has 0 aromatic heterocycles. The summed E-state index contributed by atoms with van der Waals surface area (Å²) in [5.41, 5.74) is -0.625. The normalized spacial score (nSPS) is 37.1. The fourth-order valence-electron chi connectivity index (χ4n) is 2.82. The first-order valence-electron chi connectivity index (χ1n) is 7.07. The molecule has 6 heteroatoms. The topological polar surface area (TPSA) is 67.9 Å². The van der Waals surface area contributed by atoms with Gasteiger partial charge >= 0.3 is 6.03 Å². The Labute approximate surface area is 119 Å². The molecule has 4 unspecified atom stereocenters. The Kier molecular flexibility index (Phi) is 4.07. The average molecular weight is 284 g/mol. The number of nitrogens with zero attached hydrogens (tertiary/aromatic N) is 1. The van der Waals surface area contributed by atoms with Crippen molar-refractivity contribution in [2.75, 3.05) is 13.7 Å². The van der Waals surface area contributed by atoms with Crippen LogP contribution in [0.3, 0.4) is 0 Å². The van der Waals surface area contributed by atoms with Gasteiger partial charge < -0.3 is 9.47 Å². The Bertz CT molecular complexity index is 410. The Morgan fingerprint density at radius 2 is 2.05 bits per heavy atom. The highest BCUT2D eigenvalue weighted by molar-refractivity contribution is 6.00. The van der Waals surface area contributed by atoms with E-state index in [2.05, 4.69) is 12.2 Å². The molecule has 0 aliphatic carbocycles. The highest BCUT2D eigenvalue weighted by Crippen LogP contribution is 2.36. The molecule has 2 heterocycles. The number of hydrogen-bond acceptors (Lipinski definition) is 4. The fraction of sp³-hybridized carbons (Fsp3) is 0.857. The van der Waals surface area contributed by atoms with Gasteiger partial charge in [0.25, 0.3) is 0 Å². The molecule has 20 heavy (non-hydrogen) atoms. The third kappa shape index (κ3) is 2.42. The predicted octanol–water partition coefficient (Wildman–Crippen LogP) is 1.35. The molecule has 0 spiro atoms. The van der Waals surface area contributed by atoms with E-state index in [-0.39, 0.29) is 30.3 Å². The summed E-state index contributed by atoms with van der Waals surface area (Å²) in [7, 11) is 1.64. The van der Waals surface area contributed by atoms with Crippen molar-refractivity contribution in [3.8, 4) is 0 Å². The molecule has 2 aliphatic rings. The van der Waals surface area contributed by atoms with Gasteiger partial charge in [-0.1, -0.05) is 6.92 Å². The number of carbonyl (C=O) groups is 2. The maximum atomic E-state index is 12.1. The third-order valence-corrected chi connectivity index (χ3v) is 4.68. The van der Waals surface area contributed by atoms with E-state index in [4.69, 9.17) is 9.47 Å². The number of urea groups is 1. The minimum atomic E-state index is -0.625. The third-order valence-electron chi connectivity index (χ3n) is 4.68. The molecule has 0 bridgehead atoms. The van der Waals surface area contributed by atoms with Gasteiger partial charge in [0.1, 0.15) is 6.23 Å². The fourth-order valence-corrected chi connectivity index (χ4v) is 2.82. The minimum absolute atomic E-state index is 0.00857. The molecule has 0 aromatic rings. The van der Waals surface area contributed by atoms with Crippen molar-refractivity contribution in [2.24, 2.45) is 11.3 Å². The van der Waals surface area contributed by atoms with Gasteiger partial charge in [-0.05, 0) is 33.1 Å². The van der Waals surface area contributed by atoms with E-state index in [1.807, 2.05) is 20.8 Å². The summed E-state index contributed by atoms with van der Waals surface area (Å²) in [5, 5.41) is 2.43. The molecule has 0 radical (unpaired) electrons. The number of ether oxygens (including phenoxy) is 2. The second-order valence-electron chi connectivity index (χ2n) is 6.36. The molecule has 3 amide bonds. The van der Waals surface area contributed by atoms with Crippen molar-refractivity contribution < 1.29 is 19.1 Å². The van der Waals surface area contributed by atoms with E-state index in [0.717, 1.165) is 6.42 Å². The van der Waals surface area contributed by atoms with E-state index in [0.29, 0.717) is 12.5 Å². The molecule has 2 rings (SSSR count). The lowest BCUT2D eigenvalue weighted by Gasteiger charge is -2.45. The van der Waals surface area contributed by atoms with Crippen molar-refractivity contribution in [1.29, 1.82) is 0 Å². The van der Waals surface area contributed by atoms with Crippen LogP contribution in [0, 0.1) is 11.3 Å². The SMILES string of the molecule is COCC1OC(N2C(=O)NC(=O)C(C)(C)C2C)CC1C. The van der Waals surface area contributed by atoms with Crippen LogP contribution < -0.4 is 5.32 Å². The highest BCUT2D eigenvalue weighted by Gasteiger charge is 2.49. The number of methoxy groups -OCH3 is 1. The van der Waals surface area contributed by atoms with Crippen LogP contribution in [0.2, 0.25) is 0 Å². The monoisotopic (exact) mass is 284 g/mol. The summed E-state index contributed by atoms with van der Waals surface area (Å²) in [4.78, 5) is 25.7. The van der Waals surface area contributed by atoms with Crippen molar-refractivity contribution in [1.82, 2.24) is 10.2 Å². The van der Waals surface area contributed by atoms with Crippen molar-refractivity contribution in [3.05, 3.63) is 0 Å². The standard InChI is InChI=1S/C14H24N2O4/c1-8-6-11(20-10(8)7-19-5)16-9(2)14(3,4)12(17)15-13(16)18/h8-11H,6-7H2,1-5H3,(H,15,17,18). The number of carbonyl (C=O) groups excluding carboxylic acids is 2. The summed E-state index contributed by atoms with van der Waals surface area (Å²) in [6.07, 6.45) is 0.453. The molecule has 6 nitrogen and oxygen atoms in total. The maximum absolute atomic E-state index is 12.1. The summed E-state index contributed by atoms with van der Waals surface area (Å²) in [6, 6.07) is -0.570. The molecule has 2 aliphatic heterocycles. The van der Waals surface area contributed by atoms with E-state index < -0.39 is 5.41 Å². The van der Waals surface area contributed by atoms with Crippen LogP contribution in [0.15, 0.2) is 0 Å². The number of amides is 3. The molecular weight excluding hydrogens is 260 g/mol. The predicted molar refractivity (Wildman–Crippen MR) is 72.9 cm³/mol. The van der Waals surface area contributed by atoms with Gasteiger partial charge in [0.2, 0.25) is 5.91 Å². The quantitative estimate of drug-likeness (QED) is 0.849. The zero-order valence-corrected chi connectivity index (χ0v) is 12.8. The number of rotatable bonds is 3. The zero-order chi connectivity index (χ0) is 15.1. The summed E-state index contributed by atoms with van der Waals surface area (Å²) < 4.78 is 11.1. The average Bonchev–Trinajstić information content (AvgIpc) is 2.69. The van der Waals surface area contributed by atoms with Crippen LogP contribution >= 0.6 is 0 Å². The van der Waals surface area contributed by atoms with Crippen molar-refractivity contribution in [3.63, 3.8) is 0 Å². The van der Waals surface area contributed by atoms with Gasteiger partial charge in [-0.25, -0.2) is 4.79 Å². The van der Waals surface area contributed by atoms with Crippen LogP contribution in [-0.2, 0) is 14.3 Å². The van der Waals surface area contributed by atoms with Gasteiger partial charge in [0.05, 0.1) is 18.1 Å². The summed E-state index contributed by atoms with van der Waals surface area (Å²) >= 11 is 0. The van der Waals surface area contributed by atoms with E-state index in [1.165, 1.54) is 0 Å². The molecule has 1 N–H and O–H groups in total. The second kappa shape index (κ2) is 5.33. The highest BCUT2D eigenvalue weighted by atomic mass is 16.6. The molecule has 114 valence electrons. The van der Waals surface area contributed by atoms with Crippen LogP contribution in [0.4, 0.5) is 4.79 Å². The molecule has 2 fully saturated rings. The summed E-state index contributed by atoms with van der Waals surface area (Å²) in [5.74, 6) is 0.0893. The van der Waals surface area contributed by atoms with Gasteiger partial charge in [-0.2, -0.15) is 0 Å². The number of nitrogens with one attached hydrogen (secondary N) is 1. The van der Waals surface area contributed by atoms with Gasteiger partial charge in [-0.3, -0.25) is 15.0 Å². The van der Waals surface area contributed by atoms with E-state index in [1.54, 1.807) is 12.0 Å².